The maximum Gasteiger partial charge on any atom is 0.191 e. The lowest BCUT2D eigenvalue weighted by Gasteiger charge is -2.10. The Hall–Kier alpha value is -0.0200. The third-order valence-corrected chi connectivity index (χ3v) is 4.24. The second kappa shape index (κ2) is 12.7. The number of rotatable bonds is 8. The van der Waals surface area contributed by atoms with Crippen LogP contribution in [-0.2, 0) is 6.42 Å². The molecular weight excluding hydrogens is 403 g/mol. The zero-order valence-electron chi connectivity index (χ0n) is 12.4. The maximum atomic E-state index is 4.47. The van der Waals surface area contributed by atoms with Crippen LogP contribution in [-0.4, -0.2) is 43.1 Å². The Morgan fingerprint density at radius 1 is 1.35 bits per heavy atom. The van der Waals surface area contributed by atoms with Crippen LogP contribution in [0, 0.1) is 6.92 Å². The molecule has 2 N–H and O–H groups in total. The van der Waals surface area contributed by atoms with Crippen LogP contribution in [0.25, 0.3) is 0 Å². The minimum Gasteiger partial charge on any atom is -0.356 e. The highest BCUT2D eigenvalue weighted by Crippen LogP contribution is 2.11. The molecule has 1 aromatic rings. The van der Waals surface area contributed by atoms with Crippen molar-refractivity contribution in [2.75, 3.05) is 32.1 Å². The molecule has 0 atom stereocenters. The summed E-state index contributed by atoms with van der Waals surface area (Å²) in [6, 6.07) is 0. The lowest BCUT2D eigenvalue weighted by Crippen LogP contribution is -2.38. The number of nitrogens with one attached hydrogen (secondary N) is 2. The van der Waals surface area contributed by atoms with E-state index >= 15 is 0 Å². The van der Waals surface area contributed by atoms with E-state index in [1.165, 1.54) is 11.4 Å². The van der Waals surface area contributed by atoms with E-state index in [0.29, 0.717) is 0 Å². The van der Waals surface area contributed by atoms with E-state index in [0.717, 1.165) is 43.3 Å². The summed E-state index contributed by atoms with van der Waals surface area (Å²) in [5.74, 6) is 2.00. The van der Waals surface area contributed by atoms with Crippen molar-refractivity contribution in [1.82, 2.24) is 15.6 Å². The van der Waals surface area contributed by atoms with Crippen molar-refractivity contribution in [3.8, 4) is 0 Å². The molecule has 0 saturated heterocycles. The predicted molar refractivity (Wildman–Crippen MR) is 103 cm³/mol. The van der Waals surface area contributed by atoms with E-state index in [4.69, 9.17) is 0 Å². The number of thioether (sulfide) groups is 1. The van der Waals surface area contributed by atoms with Gasteiger partial charge in [-0.15, -0.1) is 35.3 Å². The van der Waals surface area contributed by atoms with Crippen molar-refractivity contribution < 1.29 is 0 Å². The summed E-state index contributed by atoms with van der Waals surface area (Å²) in [6.45, 7) is 3.97. The zero-order valence-corrected chi connectivity index (χ0v) is 16.4. The Morgan fingerprint density at radius 2 is 2.10 bits per heavy atom. The Labute approximate surface area is 147 Å². The smallest absolute Gasteiger partial charge is 0.191 e. The van der Waals surface area contributed by atoms with Gasteiger partial charge in [-0.2, -0.15) is 11.8 Å². The highest BCUT2D eigenvalue weighted by atomic mass is 127. The molecule has 7 heteroatoms. The van der Waals surface area contributed by atoms with Gasteiger partial charge in [0.05, 0.1) is 5.01 Å². The predicted octanol–water partition coefficient (Wildman–Crippen LogP) is 2.92. The molecule has 116 valence electrons. The van der Waals surface area contributed by atoms with E-state index < -0.39 is 0 Å². The lowest BCUT2D eigenvalue weighted by molar-refractivity contribution is 0.695. The fraction of sp³-hybridized carbons (Fsp3) is 0.692. The Balaban J connectivity index is 0.00000361. The SMILES string of the molecule is CN=C(NCCCCc1nc(C)cs1)NCCSC.I. The number of hydrogen-bond donors (Lipinski definition) is 2. The van der Waals surface area contributed by atoms with E-state index in [1.54, 1.807) is 11.3 Å². The van der Waals surface area contributed by atoms with Gasteiger partial charge in [0, 0.05) is 37.0 Å². The molecule has 1 aromatic heterocycles. The largest absolute Gasteiger partial charge is 0.356 e. The Kier molecular flexibility index (Phi) is 12.7. The topological polar surface area (TPSA) is 49.3 Å². The van der Waals surface area contributed by atoms with Crippen LogP contribution >= 0.6 is 47.1 Å². The number of nitrogens with zero attached hydrogens (tertiary/aromatic N) is 2. The molecule has 1 heterocycles. The highest BCUT2D eigenvalue weighted by molar-refractivity contribution is 14.0. The Morgan fingerprint density at radius 3 is 2.70 bits per heavy atom. The van der Waals surface area contributed by atoms with Crippen molar-refractivity contribution in [3.63, 3.8) is 0 Å². The van der Waals surface area contributed by atoms with Gasteiger partial charge >= 0.3 is 0 Å². The van der Waals surface area contributed by atoms with Gasteiger partial charge < -0.3 is 10.6 Å². The third-order valence-electron chi connectivity index (χ3n) is 2.60. The molecule has 0 radical (unpaired) electrons. The summed E-state index contributed by atoms with van der Waals surface area (Å²) in [5.41, 5.74) is 1.14. The van der Waals surface area contributed by atoms with Gasteiger partial charge in [0.1, 0.15) is 0 Å². The first-order valence-electron chi connectivity index (χ1n) is 6.60. The van der Waals surface area contributed by atoms with Crippen LogP contribution in [0.3, 0.4) is 0 Å². The second-order valence-corrected chi connectivity index (χ2v) is 6.19. The average Bonchev–Trinajstić information content (AvgIpc) is 2.82. The summed E-state index contributed by atoms with van der Waals surface area (Å²) in [6.07, 6.45) is 5.50. The van der Waals surface area contributed by atoms with Crippen molar-refractivity contribution >= 4 is 53.0 Å². The molecular formula is C13H25IN4S2. The molecule has 0 aliphatic rings. The number of unbranched alkanes of at least 4 members (excludes halogenated alkanes) is 1. The van der Waals surface area contributed by atoms with E-state index in [9.17, 15) is 0 Å². The van der Waals surface area contributed by atoms with Crippen LogP contribution in [0.2, 0.25) is 0 Å². The molecule has 0 amide bonds. The fourth-order valence-electron chi connectivity index (χ4n) is 1.62. The minimum absolute atomic E-state index is 0. The molecule has 0 fully saturated rings. The summed E-state index contributed by atoms with van der Waals surface area (Å²) in [7, 11) is 1.81. The molecule has 4 nitrogen and oxygen atoms in total. The number of aliphatic imine (C=N–C) groups is 1. The third kappa shape index (κ3) is 9.02. The van der Waals surface area contributed by atoms with Gasteiger partial charge in [-0.3, -0.25) is 4.99 Å². The summed E-state index contributed by atoms with van der Waals surface area (Å²) >= 11 is 3.60. The van der Waals surface area contributed by atoms with Gasteiger partial charge in [0.15, 0.2) is 5.96 Å². The van der Waals surface area contributed by atoms with Crippen molar-refractivity contribution in [3.05, 3.63) is 16.1 Å². The minimum atomic E-state index is 0. The molecule has 0 unspecified atom stereocenters. The van der Waals surface area contributed by atoms with Crippen LogP contribution in [0.15, 0.2) is 10.4 Å². The monoisotopic (exact) mass is 428 g/mol. The quantitative estimate of drug-likeness (QED) is 0.289. The van der Waals surface area contributed by atoms with Gasteiger partial charge in [-0.25, -0.2) is 4.98 Å². The van der Waals surface area contributed by atoms with Gasteiger partial charge in [0.2, 0.25) is 0 Å². The second-order valence-electron chi connectivity index (χ2n) is 4.26. The zero-order chi connectivity index (χ0) is 13.9. The van der Waals surface area contributed by atoms with E-state index in [-0.39, 0.29) is 24.0 Å². The van der Waals surface area contributed by atoms with E-state index in [1.807, 2.05) is 25.7 Å². The average molecular weight is 428 g/mol. The molecule has 0 aliphatic heterocycles. The van der Waals surface area contributed by atoms with Crippen molar-refractivity contribution in [2.24, 2.45) is 4.99 Å². The summed E-state index contributed by atoms with van der Waals surface area (Å²) < 4.78 is 0. The first-order chi connectivity index (χ1) is 9.26. The summed E-state index contributed by atoms with van der Waals surface area (Å²) in [4.78, 5) is 8.66. The Bertz CT molecular complexity index is 382. The normalized spacial score (nSPS) is 11.1. The van der Waals surface area contributed by atoms with Crippen molar-refractivity contribution in [2.45, 2.75) is 26.2 Å². The molecule has 0 saturated carbocycles. The molecule has 0 bridgehead atoms. The number of aromatic nitrogens is 1. The van der Waals surface area contributed by atoms with Crippen LogP contribution in [0.1, 0.15) is 23.5 Å². The van der Waals surface area contributed by atoms with Gasteiger partial charge in [-0.05, 0) is 32.4 Å². The van der Waals surface area contributed by atoms with E-state index in [2.05, 4.69) is 32.2 Å². The molecule has 0 aliphatic carbocycles. The molecule has 1 rings (SSSR count). The standard InChI is InChI=1S/C13H24N4S2.HI/c1-11-10-19-12(17-11)6-4-5-7-15-13(14-2)16-8-9-18-3;/h10H,4-9H2,1-3H3,(H2,14,15,16);1H. The van der Waals surface area contributed by atoms with Crippen LogP contribution in [0.4, 0.5) is 0 Å². The molecule has 0 spiro atoms. The number of thiazole rings is 1. The van der Waals surface area contributed by atoms with Crippen LogP contribution in [0.5, 0.6) is 0 Å². The maximum absolute atomic E-state index is 4.47. The highest BCUT2D eigenvalue weighted by Gasteiger charge is 1.99. The van der Waals surface area contributed by atoms with Crippen molar-refractivity contribution in [1.29, 1.82) is 0 Å². The van der Waals surface area contributed by atoms with Gasteiger partial charge in [0.25, 0.3) is 0 Å². The fourth-order valence-corrected chi connectivity index (χ4v) is 2.74. The first kappa shape index (κ1) is 20.0. The summed E-state index contributed by atoms with van der Waals surface area (Å²) in [5, 5.41) is 9.99. The number of guanidine groups is 1. The molecule has 0 aromatic carbocycles. The van der Waals surface area contributed by atoms with Gasteiger partial charge in [-0.1, -0.05) is 0 Å². The molecule has 20 heavy (non-hydrogen) atoms. The van der Waals surface area contributed by atoms with Crippen LogP contribution < -0.4 is 10.6 Å². The number of aryl methyl sites for hydroxylation is 2. The first-order valence-corrected chi connectivity index (χ1v) is 8.88. The number of halogens is 1. The lowest BCUT2D eigenvalue weighted by atomic mass is 10.2. The number of hydrogen-bond acceptors (Lipinski definition) is 4.